The van der Waals surface area contributed by atoms with E-state index in [0.717, 1.165) is 32.1 Å². The number of piperidine rings is 1. The first-order valence-electron chi connectivity index (χ1n) is 7.00. The lowest BCUT2D eigenvalue weighted by Gasteiger charge is -2.31. The molecular weight excluding hydrogens is 270 g/mol. The number of aldehydes is 1. The van der Waals surface area contributed by atoms with Gasteiger partial charge in [-0.15, -0.1) is 0 Å². The Hall–Kier alpha value is -2.21. The third kappa shape index (κ3) is 3.88. The van der Waals surface area contributed by atoms with Gasteiger partial charge in [0, 0.05) is 0 Å². The maximum Gasteiger partial charge on any atom is 0.250 e. The highest BCUT2D eigenvalue weighted by Gasteiger charge is 2.24. The minimum Gasteiger partial charge on any atom is -0.366 e. The van der Waals surface area contributed by atoms with Gasteiger partial charge in [-0.25, -0.2) is 0 Å². The molecule has 0 bridgehead atoms. The predicted molar refractivity (Wildman–Crippen MR) is 78.9 cm³/mol. The van der Waals surface area contributed by atoms with Gasteiger partial charge in [-0.1, -0.05) is 18.6 Å². The van der Waals surface area contributed by atoms with Crippen LogP contribution in [0.25, 0.3) is 0 Å². The average molecular weight is 289 g/mol. The molecule has 1 aliphatic heterocycles. The Morgan fingerprint density at radius 3 is 2.81 bits per heavy atom. The summed E-state index contributed by atoms with van der Waals surface area (Å²) in [6, 6.07) is 6.40. The smallest absolute Gasteiger partial charge is 0.250 e. The number of carbonyl (C=O) groups excluding carboxylic acids is 3. The van der Waals surface area contributed by atoms with Gasteiger partial charge in [-0.2, -0.15) is 0 Å². The third-order valence-corrected chi connectivity index (χ3v) is 3.63. The second kappa shape index (κ2) is 6.99. The first-order chi connectivity index (χ1) is 10.1. The van der Waals surface area contributed by atoms with E-state index in [1.165, 1.54) is 0 Å². The van der Waals surface area contributed by atoms with Gasteiger partial charge in [0.05, 0.1) is 23.8 Å². The Labute approximate surface area is 123 Å². The van der Waals surface area contributed by atoms with Crippen molar-refractivity contribution in [2.24, 2.45) is 5.73 Å². The third-order valence-electron chi connectivity index (χ3n) is 3.63. The molecule has 0 saturated carbocycles. The van der Waals surface area contributed by atoms with Crippen LogP contribution in [0.4, 0.5) is 5.69 Å². The van der Waals surface area contributed by atoms with Crippen LogP contribution in [0.1, 0.15) is 29.6 Å². The molecule has 6 nitrogen and oxygen atoms in total. The molecule has 1 heterocycles. The number of benzene rings is 1. The van der Waals surface area contributed by atoms with E-state index < -0.39 is 5.91 Å². The number of primary amides is 1. The lowest BCUT2D eigenvalue weighted by atomic mass is 10.0. The van der Waals surface area contributed by atoms with Crippen molar-refractivity contribution in [2.45, 2.75) is 25.3 Å². The van der Waals surface area contributed by atoms with Crippen molar-refractivity contribution < 1.29 is 14.4 Å². The van der Waals surface area contributed by atoms with Crippen LogP contribution in [0.3, 0.4) is 0 Å². The molecule has 0 spiro atoms. The fourth-order valence-corrected chi connectivity index (χ4v) is 2.55. The highest BCUT2D eigenvalue weighted by atomic mass is 16.2. The SMILES string of the molecule is NC(=O)c1ccccc1NC(=O)CN1CCCCC1C=O. The quantitative estimate of drug-likeness (QED) is 0.783. The van der Waals surface area contributed by atoms with Crippen molar-refractivity contribution in [2.75, 3.05) is 18.4 Å². The molecule has 112 valence electrons. The van der Waals surface area contributed by atoms with Crippen LogP contribution in [0.5, 0.6) is 0 Å². The molecule has 1 aromatic carbocycles. The number of hydrogen-bond donors (Lipinski definition) is 2. The van der Waals surface area contributed by atoms with E-state index in [2.05, 4.69) is 5.32 Å². The minimum absolute atomic E-state index is 0.135. The van der Waals surface area contributed by atoms with E-state index in [0.29, 0.717) is 5.69 Å². The van der Waals surface area contributed by atoms with Crippen molar-refractivity contribution >= 4 is 23.8 Å². The summed E-state index contributed by atoms with van der Waals surface area (Å²) in [5.74, 6) is -0.841. The molecule has 3 N–H and O–H groups in total. The second-order valence-corrected chi connectivity index (χ2v) is 5.13. The summed E-state index contributed by atoms with van der Waals surface area (Å²) in [5.41, 5.74) is 5.94. The van der Waals surface area contributed by atoms with E-state index in [1.807, 2.05) is 4.90 Å². The van der Waals surface area contributed by atoms with Gasteiger partial charge in [0.2, 0.25) is 5.91 Å². The van der Waals surface area contributed by atoms with Crippen LogP contribution in [-0.2, 0) is 9.59 Å². The Bertz CT molecular complexity index is 545. The monoisotopic (exact) mass is 289 g/mol. The number of hydrogen-bond acceptors (Lipinski definition) is 4. The summed E-state index contributed by atoms with van der Waals surface area (Å²) in [5, 5.41) is 2.69. The standard InChI is InChI=1S/C15H19N3O3/c16-15(21)12-6-1-2-7-13(12)17-14(20)9-18-8-4-3-5-11(18)10-19/h1-2,6-7,10-11H,3-5,8-9H2,(H2,16,21)(H,17,20). The van der Waals surface area contributed by atoms with Gasteiger partial charge >= 0.3 is 0 Å². The van der Waals surface area contributed by atoms with Crippen molar-refractivity contribution in [3.05, 3.63) is 29.8 Å². The predicted octanol–water partition coefficient (Wildman–Crippen LogP) is 0.777. The topological polar surface area (TPSA) is 92.5 Å². The summed E-state index contributed by atoms with van der Waals surface area (Å²) in [6.45, 7) is 0.866. The van der Waals surface area contributed by atoms with Gasteiger partial charge < -0.3 is 15.8 Å². The Balaban J connectivity index is 2.01. The number of rotatable bonds is 5. The molecule has 1 aliphatic rings. The molecule has 0 aliphatic carbocycles. The zero-order chi connectivity index (χ0) is 15.2. The van der Waals surface area contributed by atoms with E-state index in [4.69, 9.17) is 5.73 Å². The number of likely N-dealkylation sites (tertiary alicyclic amines) is 1. The van der Waals surface area contributed by atoms with Crippen molar-refractivity contribution in [3.63, 3.8) is 0 Å². The maximum atomic E-state index is 12.1. The molecule has 1 saturated heterocycles. The Morgan fingerprint density at radius 2 is 2.10 bits per heavy atom. The molecule has 6 heteroatoms. The van der Waals surface area contributed by atoms with Gasteiger partial charge in [-0.3, -0.25) is 14.5 Å². The van der Waals surface area contributed by atoms with E-state index in [1.54, 1.807) is 24.3 Å². The number of nitrogens with one attached hydrogen (secondary N) is 1. The number of anilines is 1. The Morgan fingerprint density at radius 1 is 1.33 bits per heavy atom. The second-order valence-electron chi connectivity index (χ2n) is 5.13. The number of para-hydroxylation sites is 1. The van der Waals surface area contributed by atoms with Crippen molar-refractivity contribution in [1.29, 1.82) is 0 Å². The lowest BCUT2D eigenvalue weighted by molar-refractivity contribution is -0.120. The summed E-state index contributed by atoms with van der Waals surface area (Å²) in [4.78, 5) is 36.3. The molecule has 1 aromatic rings. The van der Waals surface area contributed by atoms with Crippen LogP contribution >= 0.6 is 0 Å². The summed E-state index contributed by atoms with van der Waals surface area (Å²) in [6.07, 6.45) is 3.67. The maximum absolute atomic E-state index is 12.1. The fourth-order valence-electron chi connectivity index (χ4n) is 2.55. The molecular formula is C15H19N3O3. The molecule has 1 atom stereocenters. The first-order valence-corrected chi connectivity index (χ1v) is 7.00. The first kappa shape index (κ1) is 15.2. The van der Waals surface area contributed by atoms with Gasteiger partial charge in [-0.05, 0) is 31.5 Å². The van der Waals surface area contributed by atoms with Crippen LogP contribution in [0.2, 0.25) is 0 Å². The molecule has 1 unspecified atom stereocenters. The molecule has 1 fully saturated rings. The average Bonchev–Trinajstić information content (AvgIpc) is 2.48. The normalized spacial score (nSPS) is 19.0. The molecule has 0 radical (unpaired) electrons. The van der Waals surface area contributed by atoms with E-state index in [9.17, 15) is 14.4 Å². The lowest BCUT2D eigenvalue weighted by Crippen LogP contribution is -2.44. The highest BCUT2D eigenvalue weighted by molar-refractivity contribution is 6.03. The van der Waals surface area contributed by atoms with E-state index in [-0.39, 0.29) is 24.1 Å². The largest absolute Gasteiger partial charge is 0.366 e. The molecule has 2 rings (SSSR count). The zero-order valence-electron chi connectivity index (χ0n) is 11.7. The summed E-state index contributed by atoms with van der Waals surface area (Å²) < 4.78 is 0. The molecule has 0 aromatic heterocycles. The number of nitrogens with two attached hydrogens (primary N) is 1. The van der Waals surface area contributed by atoms with Crippen LogP contribution in [-0.4, -0.2) is 42.1 Å². The van der Waals surface area contributed by atoms with E-state index >= 15 is 0 Å². The Kier molecular flexibility index (Phi) is 5.05. The van der Waals surface area contributed by atoms with Crippen LogP contribution in [0, 0.1) is 0 Å². The number of carbonyl (C=O) groups is 3. The number of amides is 2. The molecule has 2 amide bonds. The van der Waals surface area contributed by atoms with Gasteiger partial charge in [0.1, 0.15) is 6.29 Å². The van der Waals surface area contributed by atoms with Crippen molar-refractivity contribution in [1.82, 2.24) is 4.90 Å². The van der Waals surface area contributed by atoms with Crippen molar-refractivity contribution in [3.8, 4) is 0 Å². The van der Waals surface area contributed by atoms with Crippen LogP contribution in [0.15, 0.2) is 24.3 Å². The van der Waals surface area contributed by atoms with Crippen LogP contribution < -0.4 is 11.1 Å². The molecule has 21 heavy (non-hydrogen) atoms. The fraction of sp³-hybridized carbons (Fsp3) is 0.400. The summed E-state index contributed by atoms with van der Waals surface area (Å²) >= 11 is 0. The highest BCUT2D eigenvalue weighted by Crippen LogP contribution is 2.17. The zero-order valence-corrected chi connectivity index (χ0v) is 11.7. The number of nitrogens with zero attached hydrogens (tertiary/aromatic N) is 1. The van der Waals surface area contributed by atoms with Gasteiger partial charge in [0.15, 0.2) is 0 Å². The minimum atomic E-state index is -0.588. The van der Waals surface area contributed by atoms with Gasteiger partial charge in [0.25, 0.3) is 5.91 Å². The summed E-state index contributed by atoms with van der Waals surface area (Å²) in [7, 11) is 0.